The van der Waals surface area contributed by atoms with Gasteiger partial charge in [0.05, 0.1) is 6.54 Å². The molecule has 1 aromatic rings. The molecular weight excluding hydrogens is 455 g/mol. The Morgan fingerprint density at radius 1 is 1.26 bits per heavy atom. The first-order valence-electron chi connectivity index (χ1n) is 9.67. The molecule has 1 aliphatic carbocycles. The van der Waals surface area contributed by atoms with Gasteiger partial charge in [0.1, 0.15) is 12.4 Å². The third-order valence-corrected chi connectivity index (χ3v) is 5.22. The van der Waals surface area contributed by atoms with Crippen LogP contribution >= 0.6 is 24.0 Å². The molecule has 150 valence electrons. The van der Waals surface area contributed by atoms with E-state index in [4.69, 9.17) is 4.74 Å². The van der Waals surface area contributed by atoms with Gasteiger partial charge in [0, 0.05) is 25.2 Å². The standard InChI is InChI=1S/C20H30N4O2.HI/c1-14-3-6-16(7-4-14)23-20(21-2)22-11-12-26-17-8-9-18-15(13-17)5-10-19(25)24-18;/h8-9,13-14,16H,3-7,10-12H2,1-2H3,(H,24,25)(H2,21,22,23);1H. The number of nitrogens with one attached hydrogen (secondary N) is 3. The molecule has 1 fully saturated rings. The summed E-state index contributed by atoms with van der Waals surface area (Å²) in [6.45, 7) is 3.58. The lowest BCUT2D eigenvalue weighted by Crippen LogP contribution is -2.45. The maximum Gasteiger partial charge on any atom is 0.224 e. The molecule has 3 N–H and O–H groups in total. The number of anilines is 1. The lowest BCUT2D eigenvalue weighted by atomic mass is 9.87. The van der Waals surface area contributed by atoms with E-state index in [1.54, 1.807) is 7.05 Å². The predicted octanol–water partition coefficient (Wildman–Crippen LogP) is 3.31. The van der Waals surface area contributed by atoms with Crippen LogP contribution in [-0.2, 0) is 11.2 Å². The van der Waals surface area contributed by atoms with E-state index in [0.29, 0.717) is 25.6 Å². The number of hydrogen-bond acceptors (Lipinski definition) is 3. The van der Waals surface area contributed by atoms with Crippen LogP contribution in [-0.4, -0.2) is 38.1 Å². The van der Waals surface area contributed by atoms with Crippen LogP contribution in [0, 0.1) is 5.92 Å². The predicted molar refractivity (Wildman–Crippen MR) is 120 cm³/mol. The molecule has 0 bridgehead atoms. The highest BCUT2D eigenvalue weighted by Crippen LogP contribution is 2.26. The van der Waals surface area contributed by atoms with E-state index in [0.717, 1.165) is 35.3 Å². The van der Waals surface area contributed by atoms with Crippen LogP contribution in [0.5, 0.6) is 5.75 Å². The highest BCUT2D eigenvalue weighted by molar-refractivity contribution is 14.0. The van der Waals surface area contributed by atoms with Crippen molar-refractivity contribution in [2.45, 2.75) is 51.5 Å². The highest BCUT2D eigenvalue weighted by atomic mass is 127. The van der Waals surface area contributed by atoms with Crippen molar-refractivity contribution in [3.05, 3.63) is 23.8 Å². The Hall–Kier alpha value is -1.51. The third-order valence-electron chi connectivity index (χ3n) is 5.22. The Morgan fingerprint density at radius 2 is 2.04 bits per heavy atom. The number of amides is 1. The zero-order valence-electron chi connectivity index (χ0n) is 16.2. The maximum absolute atomic E-state index is 11.4. The van der Waals surface area contributed by atoms with Gasteiger partial charge in [-0.05, 0) is 61.8 Å². The number of aliphatic imine (C=N–C) groups is 1. The van der Waals surface area contributed by atoms with Gasteiger partial charge in [0.25, 0.3) is 0 Å². The minimum atomic E-state index is 0. The van der Waals surface area contributed by atoms with E-state index < -0.39 is 0 Å². The van der Waals surface area contributed by atoms with Crippen LogP contribution in [0.1, 0.15) is 44.6 Å². The van der Waals surface area contributed by atoms with Crippen molar-refractivity contribution in [1.82, 2.24) is 10.6 Å². The molecule has 1 aromatic carbocycles. The fourth-order valence-corrected chi connectivity index (χ4v) is 3.58. The topological polar surface area (TPSA) is 74.8 Å². The second kappa shape index (κ2) is 10.7. The maximum atomic E-state index is 11.4. The number of aryl methyl sites for hydroxylation is 1. The average Bonchev–Trinajstić information content (AvgIpc) is 2.65. The molecule has 0 unspecified atom stereocenters. The highest BCUT2D eigenvalue weighted by Gasteiger charge is 2.19. The van der Waals surface area contributed by atoms with E-state index in [1.807, 2.05) is 18.2 Å². The largest absolute Gasteiger partial charge is 0.492 e. The van der Waals surface area contributed by atoms with Crippen LogP contribution in [0.3, 0.4) is 0 Å². The third kappa shape index (κ3) is 6.55. The summed E-state index contributed by atoms with van der Waals surface area (Å²) >= 11 is 0. The molecule has 3 rings (SSSR count). The quantitative estimate of drug-likeness (QED) is 0.259. The van der Waals surface area contributed by atoms with Gasteiger partial charge >= 0.3 is 0 Å². The van der Waals surface area contributed by atoms with Gasteiger partial charge in [0.2, 0.25) is 5.91 Å². The average molecular weight is 486 g/mol. The van der Waals surface area contributed by atoms with Crippen molar-refractivity contribution in [2.75, 3.05) is 25.5 Å². The lowest BCUT2D eigenvalue weighted by molar-refractivity contribution is -0.116. The summed E-state index contributed by atoms with van der Waals surface area (Å²) in [4.78, 5) is 15.7. The Labute approximate surface area is 178 Å². The number of ether oxygens (including phenoxy) is 1. The molecule has 0 radical (unpaired) electrons. The molecule has 1 saturated carbocycles. The molecule has 6 nitrogen and oxygen atoms in total. The lowest BCUT2D eigenvalue weighted by Gasteiger charge is -2.28. The Morgan fingerprint density at radius 3 is 2.78 bits per heavy atom. The molecule has 1 amide bonds. The van der Waals surface area contributed by atoms with E-state index in [9.17, 15) is 4.79 Å². The number of guanidine groups is 1. The number of carbonyl (C=O) groups excluding carboxylic acids is 1. The monoisotopic (exact) mass is 486 g/mol. The van der Waals surface area contributed by atoms with Crippen LogP contribution in [0.2, 0.25) is 0 Å². The zero-order valence-corrected chi connectivity index (χ0v) is 18.5. The van der Waals surface area contributed by atoms with Gasteiger partial charge in [-0.15, -0.1) is 24.0 Å². The molecule has 0 spiro atoms. The second-order valence-corrected chi connectivity index (χ2v) is 7.32. The van der Waals surface area contributed by atoms with Crippen molar-refractivity contribution in [2.24, 2.45) is 10.9 Å². The fraction of sp³-hybridized carbons (Fsp3) is 0.600. The molecule has 0 aromatic heterocycles. The van der Waals surface area contributed by atoms with Crippen LogP contribution < -0.4 is 20.7 Å². The zero-order chi connectivity index (χ0) is 18.4. The molecule has 27 heavy (non-hydrogen) atoms. The van der Waals surface area contributed by atoms with Gasteiger partial charge in [-0.2, -0.15) is 0 Å². The number of carbonyl (C=O) groups is 1. The van der Waals surface area contributed by atoms with E-state index in [2.05, 4.69) is 27.9 Å². The van der Waals surface area contributed by atoms with Crippen molar-refractivity contribution in [3.8, 4) is 5.75 Å². The number of rotatable bonds is 5. The molecule has 0 atom stereocenters. The van der Waals surface area contributed by atoms with Crippen molar-refractivity contribution < 1.29 is 9.53 Å². The molecular formula is C20H31IN4O2. The van der Waals surface area contributed by atoms with Crippen molar-refractivity contribution in [1.29, 1.82) is 0 Å². The van der Waals surface area contributed by atoms with E-state index >= 15 is 0 Å². The molecule has 1 heterocycles. The minimum absolute atomic E-state index is 0. The van der Waals surface area contributed by atoms with Crippen LogP contribution in [0.25, 0.3) is 0 Å². The van der Waals surface area contributed by atoms with Crippen molar-refractivity contribution in [3.63, 3.8) is 0 Å². The first kappa shape index (κ1) is 21.8. The first-order chi connectivity index (χ1) is 12.6. The Bertz CT molecular complexity index is 657. The number of fused-ring (bicyclic) bond motifs is 1. The Kier molecular flexibility index (Phi) is 8.66. The molecule has 7 heteroatoms. The first-order valence-corrected chi connectivity index (χ1v) is 9.67. The van der Waals surface area contributed by atoms with Gasteiger partial charge in [-0.1, -0.05) is 6.92 Å². The number of nitrogens with zero attached hydrogens (tertiary/aromatic N) is 1. The minimum Gasteiger partial charge on any atom is -0.492 e. The summed E-state index contributed by atoms with van der Waals surface area (Å²) in [5, 5.41) is 9.72. The molecule has 2 aliphatic rings. The normalized spacial score (nSPS) is 22.1. The SMILES string of the molecule is CN=C(NCCOc1ccc2c(c1)CCC(=O)N2)NC1CCC(C)CC1.I. The summed E-state index contributed by atoms with van der Waals surface area (Å²) in [6, 6.07) is 6.36. The van der Waals surface area contributed by atoms with Gasteiger partial charge in [0.15, 0.2) is 5.96 Å². The number of benzene rings is 1. The van der Waals surface area contributed by atoms with Crippen molar-refractivity contribution >= 4 is 41.5 Å². The van der Waals surface area contributed by atoms with Gasteiger partial charge in [-0.3, -0.25) is 9.79 Å². The van der Waals surface area contributed by atoms with Gasteiger partial charge in [-0.25, -0.2) is 0 Å². The number of hydrogen-bond donors (Lipinski definition) is 3. The van der Waals surface area contributed by atoms with E-state index in [-0.39, 0.29) is 29.9 Å². The molecule has 0 saturated heterocycles. The fourth-order valence-electron chi connectivity index (χ4n) is 3.58. The van der Waals surface area contributed by atoms with Crippen LogP contribution in [0.15, 0.2) is 23.2 Å². The second-order valence-electron chi connectivity index (χ2n) is 7.32. The number of halogens is 1. The summed E-state index contributed by atoms with van der Waals surface area (Å²) in [5.41, 5.74) is 2.04. The van der Waals surface area contributed by atoms with Crippen LogP contribution in [0.4, 0.5) is 5.69 Å². The smallest absolute Gasteiger partial charge is 0.224 e. The summed E-state index contributed by atoms with van der Waals surface area (Å²) < 4.78 is 5.84. The van der Waals surface area contributed by atoms with E-state index in [1.165, 1.54) is 25.7 Å². The molecule has 1 aliphatic heterocycles. The van der Waals surface area contributed by atoms with Gasteiger partial charge < -0.3 is 20.7 Å². The summed E-state index contributed by atoms with van der Waals surface area (Å²) in [7, 11) is 1.80. The summed E-state index contributed by atoms with van der Waals surface area (Å²) in [5.74, 6) is 2.62. The summed E-state index contributed by atoms with van der Waals surface area (Å²) in [6.07, 6.45) is 6.31. The Balaban J connectivity index is 0.00000261.